The second-order valence-electron chi connectivity index (χ2n) is 5.01. The lowest BCUT2D eigenvalue weighted by atomic mass is 10.2. The van der Waals surface area contributed by atoms with Crippen molar-refractivity contribution in [1.29, 1.82) is 0 Å². The Kier molecular flexibility index (Phi) is 5.13. The van der Waals surface area contributed by atoms with Crippen LogP contribution in [0.25, 0.3) is 0 Å². The molecule has 1 heterocycles. The van der Waals surface area contributed by atoms with Crippen LogP contribution < -0.4 is 10.6 Å². The first-order valence-electron chi connectivity index (χ1n) is 7.18. The van der Waals surface area contributed by atoms with E-state index in [2.05, 4.69) is 10.2 Å². The first-order valence-corrected chi connectivity index (χ1v) is 8.16. The number of nitrogens with zero attached hydrogens (tertiary/aromatic N) is 3. The lowest BCUT2D eigenvalue weighted by molar-refractivity contribution is 0.291. The van der Waals surface area contributed by atoms with Gasteiger partial charge in [-0.3, -0.25) is 0 Å². The van der Waals surface area contributed by atoms with Gasteiger partial charge < -0.3 is 10.6 Å². The van der Waals surface area contributed by atoms with Gasteiger partial charge in [-0.05, 0) is 30.3 Å². The average molecular weight is 366 g/mol. The molecule has 5 nitrogen and oxygen atoms in total. The van der Waals surface area contributed by atoms with Gasteiger partial charge in [-0.25, -0.2) is 17.8 Å². The molecule has 0 bridgehead atoms. The van der Waals surface area contributed by atoms with E-state index in [-0.39, 0.29) is 23.7 Å². The summed E-state index contributed by atoms with van der Waals surface area (Å²) in [5.74, 6) is 4.68. The van der Waals surface area contributed by atoms with Gasteiger partial charge in [0.1, 0.15) is 18.2 Å². The Bertz CT molecular complexity index is 870. The van der Waals surface area contributed by atoms with E-state index in [9.17, 15) is 13.2 Å². The van der Waals surface area contributed by atoms with Crippen LogP contribution in [0.1, 0.15) is 11.4 Å². The van der Waals surface area contributed by atoms with E-state index in [0.717, 1.165) is 17.8 Å². The molecule has 9 heteroatoms. The van der Waals surface area contributed by atoms with Crippen LogP contribution in [0.2, 0.25) is 0 Å². The number of benzene rings is 2. The zero-order valence-corrected chi connectivity index (χ0v) is 13.6. The molecule has 0 radical (unpaired) electrons. The molecule has 0 spiro atoms. The Morgan fingerprint density at radius 2 is 1.80 bits per heavy atom. The topological polar surface area (TPSA) is 66.0 Å². The second-order valence-corrected chi connectivity index (χ2v) is 5.96. The van der Waals surface area contributed by atoms with E-state index >= 15 is 0 Å². The maximum absolute atomic E-state index is 13.6. The number of hydrogen-bond donors (Lipinski definition) is 1. The van der Waals surface area contributed by atoms with Crippen LogP contribution >= 0.6 is 11.8 Å². The van der Waals surface area contributed by atoms with E-state index < -0.39 is 11.6 Å². The summed E-state index contributed by atoms with van der Waals surface area (Å²) in [6.07, 6.45) is 0. The third kappa shape index (κ3) is 4.05. The Labute approximate surface area is 145 Å². The number of nitrogens with two attached hydrogens (primary N) is 1. The van der Waals surface area contributed by atoms with Crippen molar-refractivity contribution in [3.05, 3.63) is 71.3 Å². The molecule has 0 amide bonds. The molecule has 0 aliphatic heterocycles. The van der Waals surface area contributed by atoms with Gasteiger partial charge in [0.2, 0.25) is 5.16 Å². The van der Waals surface area contributed by atoms with Crippen molar-refractivity contribution in [1.82, 2.24) is 14.9 Å². The number of rotatable bonds is 6. The molecule has 25 heavy (non-hydrogen) atoms. The zero-order valence-electron chi connectivity index (χ0n) is 12.8. The molecule has 0 atom stereocenters. The van der Waals surface area contributed by atoms with Crippen molar-refractivity contribution in [3.8, 4) is 5.75 Å². The number of ether oxygens (including phenoxy) is 1. The molecule has 2 N–H and O–H groups in total. The number of halogens is 3. The summed E-state index contributed by atoms with van der Waals surface area (Å²) in [5.41, 5.74) is 0.206. The Hall–Kier alpha value is -2.68. The van der Waals surface area contributed by atoms with Crippen molar-refractivity contribution in [2.75, 3.05) is 5.84 Å². The van der Waals surface area contributed by atoms with Gasteiger partial charge in [-0.2, -0.15) is 0 Å². The van der Waals surface area contributed by atoms with Crippen molar-refractivity contribution in [2.45, 2.75) is 17.5 Å². The lowest BCUT2D eigenvalue weighted by Crippen LogP contribution is -2.15. The lowest BCUT2D eigenvalue weighted by Gasteiger charge is -2.06. The number of hydrogen-bond acceptors (Lipinski definition) is 5. The zero-order chi connectivity index (χ0) is 17.8. The maximum Gasteiger partial charge on any atom is 0.210 e. The standard InChI is InChI=1S/C16H13F3N4OS/c17-11-4-6-12(7-5-11)24-8-14-21-22-16(23(14)20)25-9-10-2-1-3-13(18)15(10)19/h1-7H,8-9,20H2. The molecule has 2 aromatic carbocycles. The molecule has 3 aromatic rings. The number of nitrogen functional groups attached to an aromatic ring is 1. The summed E-state index contributed by atoms with van der Waals surface area (Å²) in [6.45, 7) is 0.0318. The number of thioether (sulfide) groups is 1. The minimum atomic E-state index is -0.902. The summed E-state index contributed by atoms with van der Waals surface area (Å²) in [7, 11) is 0. The molecular weight excluding hydrogens is 353 g/mol. The number of aromatic nitrogens is 3. The van der Waals surface area contributed by atoms with Crippen LogP contribution in [0.3, 0.4) is 0 Å². The molecule has 0 saturated heterocycles. The van der Waals surface area contributed by atoms with Gasteiger partial charge in [0.25, 0.3) is 0 Å². The van der Waals surface area contributed by atoms with Crippen LogP contribution in [-0.2, 0) is 12.4 Å². The first kappa shape index (κ1) is 17.2. The van der Waals surface area contributed by atoms with Crippen LogP contribution in [0.5, 0.6) is 5.75 Å². The smallest absolute Gasteiger partial charge is 0.210 e. The molecule has 0 saturated carbocycles. The van der Waals surface area contributed by atoms with Gasteiger partial charge >= 0.3 is 0 Å². The molecular formula is C16H13F3N4OS. The van der Waals surface area contributed by atoms with Gasteiger partial charge in [0.05, 0.1) is 0 Å². The van der Waals surface area contributed by atoms with E-state index in [0.29, 0.717) is 16.7 Å². The summed E-state index contributed by atoms with van der Waals surface area (Å²) in [5, 5.41) is 8.14. The molecule has 3 rings (SSSR count). The van der Waals surface area contributed by atoms with Crippen molar-refractivity contribution in [3.63, 3.8) is 0 Å². The predicted octanol–water partition coefficient (Wildman–Crippen LogP) is 3.28. The molecule has 0 aliphatic carbocycles. The van der Waals surface area contributed by atoms with Gasteiger partial charge in [-0.15, -0.1) is 10.2 Å². The molecule has 0 aliphatic rings. The van der Waals surface area contributed by atoms with Crippen molar-refractivity contribution < 1.29 is 17.9 Å². The van der Waals surface area contributed by atoms with Crippen LogP contribution in [0, 0.1) is 17.5 Å². The first-order chi connectivity index (χ1) is 12.0. The average Bonchev–Trinajstić information content (AvgIpc) is 2.96. The Morgan fingerprint density at radius 1 is 1.04 bits per heavy atom. The highest BCUT2D eigenvalue weighted by atomic mass is 32.2. The fourth-order valence-electron chi connectivity index (χ4n) is 1.99. The van der Waals surface area contributed by atoms with Gasteiger partial charge in [0.15, 0.2) is 17.5 Å². The summed E-state index contributed by atoms with van der Waals surface area (Å²) < 4.78 is 46.3. The summed E-state index contributed by atoms with van der Waals surface area (Å²) >= 11 is 1.12. The third-order valence-corrected chi connectivity index (χ3v) is 4.30. The Balaban J connectivity index is 1.62. The summed E-state index contributed by atoms with van der Waals surface area (Å²) in [6, 6.07) is 9.49. The highest BCUT2D eigenvalue weighted by molar-refractivity contribution is 7.98. The maximum atomic E-state index is 13.6. The molecule has 130 valence electrons. The second kappa shape index (κ2) is 7.47. The largest absolute Gasteiger partial charge is 0.486 e. The highest BCUT2D eigenvalue weighted by Gasteiger charge is 2.13. The van der Waals surface area contributed by atoms with Crippen LogP contribution in [-0.4, -0.2) is 14.9 Å². The van der Waals surface area contributed by atoms with E-state index in [1.807, 2.05) is 0 Å². The van der Waals surface area contributed by atoms with E-state index in [1.54, 1.807) is 0 Å². The predicted molar refractivity (Wildman–Crippen MR) is 86.8 cm³/mol. The molecule has 1 aromatic heterocycles. The molecule has 0 unspecified atom stereocenters. The van der Waals surface area contributed by atoms with Gasteiger partial charge in [0, 0.05) is 11.3 Å². The fourth-order valence-corrected chi connectivity index (χ4v) is 2.84. The summed E-state index contributed by atoms with van der Waals surface area (Å²) in [4.78, 5) is 0. The minimum absolute atomic E-state index is 0.0318. The molecule has 0 fully saturated rings. The van der Waals surface area contributed by atoms with E-state index in [1.165, 1.54) is 41.1 Å². The fraction of sp³-hybridized carbons (Fsp3) is 0.125. The third-order valence-electron chi connectivity index (χ3n) is 3.31. The quantitative estimate of drug-likeness (QED) is 0.536. The minimum Gasteiger partial charge on any atom is -0.486 e. The van der Waals surface area contributed by atoms with Crippen LogP contribution in [0.15, 0.2) is 47.6 Å². The van der Waals surface area contributed by atoms with Crippen molar-refractivity contribution >= 4 is 11.8 Å². The van der Waals surface area contributed by atoms with Crippen molar-refractivity contribution in [2.24, 2.45) is 0 Å². The van der Waals surface area contributed by atoms with Crippen LogP contribution in [0.4, 0.5) is 13.2 Å². The van der Waals surface area contributed by atoms with E-state index in [4.69, 9.17) is 10.6 Å². The Morgan fingerprint density at radius 3 is 2.56 bits per heavy atom. The highest BCUT2D eigenvalue weighted by Crippen LogP contribution is 2.23. The van der Waals surface area contributed by atoms with Gasteiger partial charge in [-0.1, -0.05) is 23.9 Å². The SMILES string of the molecule is Nn1c(COc2ccc(F)cc2)nnc1SCc1cccc(F)c1F. The monoisotopic (exact) mass is 366 g/mol. The normalized spacial score (nSPS) is 10.8.